The van der Waals surface area contributed by atoms with Gasteiger partial charge in [0, 0.05) is 11.4 Å². The van der Waals surface area contributed by atoms with Gasteiger partial charge in [-0.25, -0.2) is 0 Å². The molecule has 0 fully saturated rings. The van der Waals surface area contributed by atoms with Crippen LogP contribution in [0.3, 0.4) is 0 Å². The maximum absolute atomic E-state index is 5.80. The molecular formula is C22H19N5O. The molecule has 0 bridgehead atoms. The molecule has 0 spiro atoms. The number of hydrogen-bond acceptors (Lipinski definition) is 6. The number of para-hydroxylation sites is 2. The summed E-state index contributed by atoms with van der Waals surface area (Å²) in [6.45, 7) is 2.04. The molecule has 28 heavy (non-hydrogen) atoms. The molecule has 4 rings (SSSR count). The minimum absolute atomic E-state index is 0.412. The minimum atomic E-state index is 0.412. The molecule has 0 saturated heterocycles. The molecule has 0 amide bonds. The third-order valence-electron chi connectivity index (χ3n) is 4.06. The Bertz CT molecular complexity index is 1050. The van der Waals surface area contributed by atoms with Gasteiger partial charge in [-0.2, -0.15) is 10.1 Å². The lowest BCUT2D eigenvalue weighted by atomic mass is 10.2. The Labute approximate surface area is 163 Å². The number of nitrogens with zero attached hydrogens (tertiary/aromatic N) is 3. The van der Waals surface area contributed by atoms with Crippen molar-refractivity contribution in [1.82, 2.24) is 15.2 Å². The Morgan fingerprint density at radius 1 is 0.750 bits per heavy atom. The van der Waals surface area contributed by atoms with E-state index in [1.165, 1.54) is 0 Å². The number of aromatic nitrogens is 3. The maximum Gasteiger partial charge on any atom is 0.249 e. The lowest BCUT2D eigenvalue weighted by Gasteiger charge is -2.10. The summed E-state index contributed by atoms with van der Waals surface area (Å²) in [6, 6.07) is 25.3. The number of anilines is 4. The highest BCUT2D eigenvalue weighted by atomic mass is 16.5. The second-order valence-corrected chi connectivity index (χ2v) is 6.17. The third kappa shape index (κ3) is 4.42. The van der Waals surface area contributed by atoms with Crippen molar-refractivity contribution >= 4 is 23.1 Å². The minimum Gasteiger partial charge on any atom is -0.457 e. The summed E-state index contributed by atoms with van der Waals surface area (Å²) in [7, 11) is 0. The van der Waals surface area contributed by atoms with Crippen molar-refractivity contribution in [2.45, 2.75) is 6.92 Å². The average molecular weight is 369 g/mol. The normalized spacial score (nSPS) is 10.3. The molecule has 138 valence electrons. The van der Waals surface area contributed by atoms with Crippen molar-refractivity contribution in [3.05, 3.63) is 90.6 Å². The molecule has 4 aromatic rings. The van der Waals surface area contributed by atoms with Crippen molar-refractivity contribution in [1.29, 1.82) is 0 Å². The Hall–Kier alpha value is -3.93. The van der Waals surface area contributed by atoms with Gasteiger partial charge < -0.3 is 15.4 Å². The highest BCUT2D eigenvalue weighted by Gasteiger charge is 2.04. The molecule has 6 nitrogen and oxygen atoms in total. The Kier molecular flexibility index (Phi) is 5.11. The van der Waals surface area contributed by atoms with E-state index >= 15 is 0 Å². The van der Waals surface area contributed by atoms with Gasteiger partial charge >= 0.3 is 0 Å². The van der Waals surface area contributed by atoms with E-state index < -0.39 is 0 Å². The number of rotatable bonds is 6. The first-order valence-electron chi connectivity index (χ1n) is 8.89. The van der Waals surface area contributed by atoms with Crippen molar-refractivity contribution in [2.24, 2.45) is 0 Å². The van der Waals surface area contributed by atoms with Crippen molar-refractivity contribution < 1.29 is 4.74 Å². The molecule has 0 aliphatic rings. The highest BCUT2D eigenvalue weighted by Crippen LogP contribution is 2.24. The van der Waals surface area contributed by atoms with Gasteiger partial charge in [-0.1, -0.05) is 36.4 Å². The van der Waals surface area contributed by atoms with Crippen LogP contribution in [-0.4, -0.2) is 15.2 Å². The molecule has 6 heteroatoms. The number of ether oxygens (including phenoxy) is 1. The molecule has 0 aliphatic carbocycles. The van der Waals surface area contributed by atoms with Gasteiger partial charge in [0.1, 0.15) is 11.5 Å². The predicted molar refractivity (Wildman–Crippen MR) is 111 cm³/mol. The topological polar surface area (TPSA) is 72.0 Å². The van der Waals surface area contributed by atoms with Crippen LogP contribution < -0.4 is 15.4 Å². The Balaban J connectivity index is 1.43. The van der Waals surface area contributed by atoms with Gasteiger partial charge in [0.15, 0.2) is 5.82 Å². The van der Waals surface area contributed by atoms with E-state index in [-0.39, 0.29) is 0 Å². The van der Waals surface area contributed by atoms with Crippen LogP contribution in [0, 0.1) is 6.92 Å². The highest BCUT2D eigenvalue weighted by molar-refractivity contribution is 5.61. The molecule has 0 unspecified atom stereocenters. The first kappa shape index (κ1) is 17.5. The third-order valence-corrected chi connectivity index (χ3v) is 4.06. The van der Waals surface area contributed by atoms with E-state index in [1.807, 2.05) is 85.8 Å². The fourth-order valence-electron chi connectivity index (χ4n) is 2.63. The van der Waals surface area contributed by atoms with Crippen LogP contribution in [0.4, 0.5) is 23.1 Å². The van der Waals surface area contributed by atoms with Crippen LogP contribution in [-0.2, 0) is 0 Å². The molecule has 0 radical (unpaired) electrons. The summed E-state index contributed by atoms with van der Waals surface area (Å²) in [6.07, 6.45) is 1.59. The van der Waals surface area contributed by atoms with Gasteiger partial charge in [-0.05, 0) is 55.0 Å². The zero-order valence-electron chi connectivity index (χ0n) is 15.3. The van der Waals surface area contributed by atoms with Crippen molar-refractivity contribution in [3.63, 3.8) is 0 Å². The Morgan fingerprint density at radius 3 is 2.25 bits per heavy atom. The quantitative estimate of drug-likeness (QED) is 0.470. The van der Waals surface area contributed by atoms with Crippen LogP contribution in [0.1, 0.15) is 5.56 Å². The Morgan fingerprint density at radius 2 is 1.46 bits per heavy atom. The fourth-order valence-corrected chi connectivity index (χ4v) is 2.63. The van der Waals surface area contributed by atoms with Crippen LogP contribution >= 0.6 is 0 Å². The lowest BCUT2D eigenvalue weighted by molar-refractivity contribution is 0.483. The second-order valence-electron chi connectivity index (χ2n) is 6.17. The molecule has 1 heterocycles. The molecule has 3 aromatic carbocycles. The predicted octanol–water partition coefficient (Wildman–Crippen LogP) is 5.46. The van der Waals surface area contributed by atoms with Crippen LogP contribution in [0.15, 0.2) is 85.1 Å². The van der Waals surface area contributed by atoms with E-state index in [0.29, 0.717) is 11.8 Å². The number of benzene rings is 3. The van der Waals surface area contributed by atoms with Gasteiger partial charge in [-0.3, -0.25) is 0 Å². The van der Waals surface area contributed by atoms with Crippen molar-refractivity contribution in [2.75, 3.05) is 10.6 Å². The van der Waals surface area contributed by atoms with Gasteiger partial charge in [-0.15, -0.1) is 5.10 Å². The number of aryl methyl sites for hydroxylation is 1. The fraction of sp³-hybridized carbons (Fsp3) is 0.0455. The zero-order valence-corrected chi connectivity index (χ0v) is 15.3. The van der Waals surface area contributed by atoms with Crippen molar-refractivity contribution in [3.8, 4) is 11.5 Å². The standard InChI is InChI=1S/C22H19N5O/c1-16-7-5-6-10-20(16)25-21-15-23-27-22(26-21)24-17-11-13-19(14-12-17)28-18-8-3-2-4-9-18/h2-15H,1H3,(H2,24,25,26,27). The zero-order chi connectivity index (χ0) is 19.2. The monoisotopic (exact) mass is 369 g/mol. The van der Waals surface area contributed by atoms with Crippen LogP contribution in [0.5, 0.6) is 11.5 Å². The van der Waals surface area contributed by atoms with E-state index in [4.69, 9.17) is 4.74 Å². The summed E-state index contributed by atoms with van der Waals surface area (Å²) in [5.41, 5.74) is 2.95. The summed E-state index contributed by atoms with van der Waals surface area (Å²) >= 11 is 0. The molecule has 0 atom stereocenters. The maximum atomic E-state index is 5.80. The van der Waals surface area contributed by atoms with Gasteiger partial charge in [0.05, 0.1) is 6.20 Å². The van der Waals surface area contributed by atoms with Gasteiger partial charge in [0.2, 0.25) is 5.95 Å². The summed E-state index contributed by atoms with van der Waals surface area (Å²) < 4.78 is 5.80. The van der Waals surface area contributed by atoms with E-state index in [1.54, 1.807) is 6.20 Å². The molecular weight excluding hydrogens is 350 g/mol. The lowest BCUT2D eigenvalue weighted by Crippen LogP contribution is -2.03. The number of hydrogen-bond donors (Lipinski definition) is 2. The first-order valence-corrected chi connectivity index (χ1v) is 8.89. The summed E-state index contributed by atoms with van der Waals surface area (Å²) in [5.74, 6) is 2.59. The summed E-state index contributed by atoms with van der Waals surface area (Å²) in [4.78, 5) is 4.47. The average Bonchev–Trinajstić information content (AvgIpc) is 2.72. The molecule has 2 N–H and O–H groups in total. The molecule has 0 saturated carbocycles. The molecule has 0 aliphatic heterocycles. The van der Waals surface area contributed by atoms with Gasteiger partial charge in [0.25, 0.3) is 0 Å². The largest absolute Gasteiger partial charge is 0.457 e. The van der Waals surface area contributed by atoms with E-state index in [9.17, 15) is 0 Å². The van der Waals surface area contributed by atoms with Crippen LogP contribution in [0.25, 0.3) is 0 Å². The first-order chi connectivity index (χ1) is 13.8. The molecule has 1 aromatic heterocycles. The smallest absolute Gasteiger partial charge is 0.249 e. The van der Waals surface area contributed by atoms with E-state index in [0.717, 1.165) is 28.4 Å². The SMILES string of the molecule is Cc1ccccc1Nc1cnnc(Nc2ccc(Oc3ccccc3)cc2)n1. The van der Waals surface area contributed by atoms with E-state index in [2.05, 4.69) is 25.8 Å². The van der Waals surface area contributed by atoms with Crippen LogP contribution in [0.2, 0.25) is 0 Å². The second kappa shape index (κ2) is 8.18. The number of nitrogens with one attached hydrogen (secondary N) is 2. The summed E-state index contributed by atoms with van der Waals surface area (Å²) in [5, 5.41) is 14.5.